The lowest BCUT2D eigenvalue weighted by atomic mass is 10.4. The van der Waals surface area contributed by atoms with E-state index in [2.05, 4.69) is 21.9 Å². The number of anilines is 1. The fourth-order valence-electron chi connectivity index (χ4n) is 1.29. The van der Waals surface area contributed by atoms with E-state index >= 15 is 0 Å². The number of nitrogens with one attached hydrogen (secondary N) is 2. The van der Waals surface area contributed by atoms with Crippen molar-refractivity contribution in [2.24, 2.45) is 0 Å². The third-order valence-corrected chi connectivity index (χ3v) is 2.15. The number of H-pyrrole nitrogens is 1. The maximum absolute atomic E-state index is 11.2. The second kappa shape index (κ2) is 3.65. The monoisotopic (exact) mass is 191 g/mol. The Labute approximate surface area is 82.1 Å². The van der Waals surface area contributed by atoms with E-state index in [0.717, 1.165) is 18.7 Å². The second-order valence-corrected chi connectivity index (χ2v) is 3.46. The summed E-state index contributed by atoms with van der Waals surface area (Å²) < 4.78 is 0. The molecule has 0 atom stereocenters. The van der Waals surface area contributed by atoms with Crippen molar-refractivity contribution in [3.63, 3.8) is 0 Å². The highest BCUT2D eigenvalue weighted by atomic mass is 16.1. The molecule has 14 heavy (non-hydrogen) atoms. The van der Waals surface area contributed by atoms with Gasteiger partial charge in [0, 0.05) is 18.5 Å². The molecule has 0 spiro atoms. The largest absolute Gasteiger partial charge is 0.366 e. The van der Waals surface area contributed by atoms with E-state index in [9.17, 15) is 4.79 Å². The average molecular weight is 191 g/mol. The van der Waals surface area contributed by atoms with Gasteiger partial charge in [0.25, 0.3) is 5.56 Å². The van der Waals surface area contributed by atoms with E-state index in [-0.39, 0.29) is 5.56 Å². The topological polar surface area (TPSA) is 57.8 Å². The van der Waals surface area contributed by atoms with Gasteiger partial charge in [-0.15, -0.1) is 6.58 Å². The fourth-order valence-corrected chi connectivity index (χ4v) is 1.29. The highest BCUT2D eigenvalue weighted by Crippen LogP contribution is 2.37. The predicted molar refractivity (Wildman–Crippen MR) is 55.5 cm³/mol. The molecule has 4 heteroatoms. The first-order valence-corrected chi connectivity index (χ1v) is 4.75. The molecule has 0 amide bonds. The standard InChI is InChI=1S/C10H13N3O/c1-2-5-11-8-6-9(14)13-10(12-8)7-3-4-7/h2,6-7H,1,3-5H2,(H2,11,12,13,14). The van der Waals surface area contributed by atoms with Crippen LogP contribution in [-0.4, -0.2) is 16.5 Å². The van der Waals surface area contributed by atoms with E-state index in [4.69, 9.17) is 0 Å². The van der Waals surface area contributed by atoms with Crippen LogP contribution in [-0.2, 0) is 0 Å². The van der Waals surface area contributed by atoms with E-state index < -0.39 is 0 Å². The van der Waals surface area contributed by atoms with Gasteiger partial charge in [-0.05, 0) is 12.8 Å². The third-order valence-electron chi connectivity index (χ3n) is 2.15. The summed E-state index contributed by atoms with van der Waals surface area (Å²) in [6.07, 6.45) is 4.00. The van der Waals surface area contributed by atoms with Gasteiger partial charge in [0.1, 0.15) is 11.6 Å². The molecule has 2 N–H and O–H groups in total. The second-order valence-electron chi connectivity index (χ2n) is 3.46. The van der Waals surface area contributed by atoms with Crippen molar-refractivity contribution in [2.45, 2.75) is 18.8 Å². The minimum atomic E-state index is -0.0894. The lowest BCUT2D eigenvalue weighted by Gasteiger charge is -2.03. The lowest BCUT2D eigenvalue weighted by Crippen LogP contribution is -2.13. The molecule has 2 rings (SSSR count). The van der Waals surface area contributed by atoms with Crippen molar-refractivity contribution in [3.05, 3.63) is 34.9 Å². The molecule has 74 valence electrons. The van der Waals surface area contributed by atoms with Crippen LogP contribution < -0.4 is 10.9 Å². The number of rotatable bonds is 4. The fraction of sp³-hybridized carbons (Fsp3) is 0.400. The highest BCUT2D eigenvalue weighted by Gasteiger charge is 2.26. The quantitative estimate of drug-likeness (QED) is 0.704. The molecule has 1 saturated carbocycles. The van der Waals surface area contributed by atoms with Crippen LogP contribution in [0.5, 0.6) is 0 Å². The molecule has 1 fully saturated rings. The van der Waals surface area contributed by atoms with Crippen molar-refractivity contribution in [3.8, 4) is 0 Å². The zero-order chi connectivity index (χ0) is 9.97. The molecule has 0 aliphatic heterocycles. The van der Waals surface area contributed by atoms with Crippen molar-refractivity contribution in [1.82, 2.24) is 9.97 Å². The Kier molecular flexibility index (Phi) is 2.35. The number of aromatic nitrogens is 2. The number of hydrogen-bond donors (Lipinski definition) is 2. The molecular weight excluding hydrogens is 178 g/mol. The first-order chi connectivity index (χ1) is 6.79. The molecule has 0 aromatic carbocycles. The van der Waals surface area contributed by atoms with E-state index in [1.165, 1.54) is 6.07 Å². The van der Waals surface area contributed by atoms with E-state index in [1.807, 2.05) is 0 Å². The molecule has 0 saturated heterocycles. The highest BCUT2D eigenvalue weighted by molar-refractivity contribution is 5.34. The summed E-state index contributed by atoms with van der Waals surface area (Å²) in [5.41, 5.74) is -0.0894. The molecule has 1 aliphatic carbocycles. The van der Waals surface area contributed by atoms with Crippen LogP contribution in [0.3, 0.4) is 0 Å². The SMILES string of the molecule is C=CCNc1cc(=O)[nH]c(C2CC2)n1. The van der Waals surface area contributed by atoms with Gasteiger partial charge in [-0.25, -0.2) is 4.98 Å². The normalized spacial score (nSPS) is 15.1. The van der Waals surface area contributed by atoms with Crippen LogP contribution in [0.1, 0.15) is 24.6 Å². The van der Waals surface area contributed by atoms with Gasteiger partial charge in [0.15, 0.2) is 0 Å². The predicted octanol–water partition coefficient (Wildman–Crippen LogP) is 1.25. The summed E-state index contributed by atoms with van der Waals surface area (Å²) in [5, 5.41) is 3.01. The molecule has 1 aromatic rings. The van der Waals surface area contributed by atoms with Crippen LogP contribution in [0.15, 0.2) is 23.5 Å². The summed E-state index contributed by atoms with van der Waals surface area (Å²) in [6, 6.07) is 1.47. The summed E-state index contributed by atoms with van der Waals surface area (Å²) in [7, 11) is 0. The Morgan fingerprint density at radius 3 is 3.14 bits per heavy atom. The van der Waals surface area contributed by atoms with Gasteiger partial charge >= 0.3 is 0 Å². The first kappa shape index (κ1) is 8.99. The molecule has 1 heterocycles. The summed E-state index contributed by atoms with van der Waals surface area (Å²) >= 11 is 0. The van der Waals surface area contributed by atoms with Gasteiger partial charge in [0.05, 0.1) is 0 Å². The summed E-state index contributed by atoms with van der Waals surface area (Å²) in [5.74, 6) is 1.91. The zero-order valence-corrected chi connectivity index (χ0v) is 7.92. The van der Waals surface area contributed by atoms with Crippen LogP contribution in [0.2, 0.25) is 0 Å². The Hall–Kier alpha value is -1.58. The average Bonchev–Trinajstić information content (AvgIpc) is 2.97. The molecule has 1 aliphatic rings. The molecule has 0 bridgehead atoms. The minimum absolute atomic E-state index is 0.0894. The van der Waals surface area contributed by atoms with Gasteiger partial charge in [0.2, 0.25) is 0 Å². The van der Waals surface area contributed by atoms with Crippen molar-refractivity contribution in [2.75, 3.05) is 11.9 Å². The van der Waals surface area contributed by atoms with Crippen molar-refractivity contribution >= 4 is 5.82 Å². The Balaban J connectivity index is 2.21. The Morgan fingerprint density at radius 1 is 1.71 bits per heavy atom. The van der Waals surface area contributed by atoms with Gasteiger partial charge in [-0.3, -0.25) is 4.79 Å². The van der Waals surface area contributed by atoms with E-state index in [0.29, 0.717) is 18.3 Å². The maximum atomic E-state index is 11.2. The molecule has 0 radical (unpaired) electrons. The van der Waals surface area contributed by atoms with E-state index in [1.54, 1.807) is 6.08 Å². The van der Waals surface area contributed by atoms with Crippen LogP contribution in [0, 0.1) is 0 Å². The summed E-state index contributed by atoms with van der Waals surface area (Å²) in [6.45, 7) is 4.22. The maximum Gasteiger partial charge on any atom is 0.252 e. The molecular formula is C10H13N3O. The Morgan fingerprint density at radius 2 is 2.50 bits per heavy atom. The number of nitrogens with zero attached hydrogens (tertiary/aromatic N) is 1. The number of aromatic amines is 1. The molecule has 4 nitrogen and oxygen atoms in total. The van der Waals surface area contributed by atoms with Crippen molar-refractivity contribution < 1.29 is 0 Å². The van der Waals surface area contributed by atoms with Gasteiger partial charge < -0.3 is 10.3 Å². The minimum Gasteiger partial charge on any atom is -0.366 e. The van der Waals surface area contributed by atoms with Gasteiger partial charge in [-0.2, -0.15) is 0 Å². The zero-order valence-electron chi connectivity index (χ0n) is 7.92. The Bertz CT molecular complexity index is 393. The van der Waals surface area contributed by atoms with Crippen LogP contribution in [0.4, 0.5) is 5.82 Å². The third kappa shape index (κ3) is 2.02. The van der Waals surface area contributed by atoms with Crippen LogP contribution >= 0.6 is 0 Å². The molecule has 1 aromatic heterocycles. The smallest absolute Gasteiger partial charge is 0.252 e. The first-order valence-electron chi connectivity index (χ1n) is 4.75. The van der Waals surface area contributed by atoms with Crippen molar-refractivity contribution in [1.29, 1.82) is 0 Å². The van der Waals surface area contributed by atoms with Crippen LogP contribution in [0.25, 0.3) is 0 Å². The number of hydrogen-bond acceptors (Lipinski definition) is 3. The van der Waals surface area contributed by atoms with Gasteiger partial charge in [-0.1, -0.05) is 6.08 Å². The summed E-state index contributed by atoms with van der Waals surface area (Å²) in [4.78, 5) is 18.3. The lowest BCUT2D eigenvalue weighted by molar-refractivity contribution is 0.908. The molecule has 0 unspecified atom stereocenters.